The van der Waals surface area contributed by atoms with Gasteiger partial charge in [0.25, 0.3) is 0 Å². The molecule has 2 aromatic carbocycles. The lowest BCUT2D eigenvalue weighted by Crippen LogP contribution is -2.02. The fraction of sp³-hybridized carbons (Fsp3) is 0.188. The number of ketones is 1. The van der Waals surface area contributed by atoms with Gasteiger partial charge in [-0.05, 0) is 61.4 Å². The number of benzene rings is 2. The Labute approximate surface area is 112 Å². The van der Waals surface area contributed by atoms with E-state index in [2.05, 4.69) is 0 Å². The summed E-state index contributed by atoms with van der Waals surface area (Å²) in [5, 5.41) is 0. The number of carbonyl (C=O) groups is 1. The molecule has 0 aromatic heterocycles. The van der Waals surface area contributed by atoms with Crippen LogP contribution in [0, 0.1) is 0 Å². The molecule has 0 atom stereocenters. The van der Waals surface area contributed by atoms with Crippen LogP contribution in [0.2, 0.25) is 0 Å². The molecule has 2 N–H and O–H groups in total. The maximum absolute atomic E-state index is 12.2. The van der Waals surface area contributed by atoms with E-state index in [9.17, 15) is 4.79 Å². The van der Waals surface area contributed by atoms with Crippen molar-refractivity contribution < 1.29 is 9.53 Å². The van der Waals surface area contributed by atoms with Gasteiger partial charge in [-0.2, -0.15) is 0 Å². The number of hydrogen-bond donors (Lipinski definition) is 1. The van der Waals surface area contributed by atoms with E-state index in [-0.39, 0.29) is 5.78 Å². The Morgan fingerprint density at radius 3 is 2.00 bits per heavy atom. The van der Waals surface area contributed by atoms with Gasteiger partial charge in [0.15, 0.2) is 5.78 Å². The Bertz CT molecular complexity index is 583. The van der Waals surface area contributed by atoms with Crippen molar-refractivity contribution in [3.05, 3.63) is 59.7 Å². The molecular formula is C16H15NO2. The minimum absolute atomic E-state index is 0.00188. The van der Waals surface area contributed by atoms with Gasteiger partial charge in [0.2, 0.25) is 0 Å². The second-order valence-corrected chi connectivity index (χ2v) is 4.79. The van der Waals surface area contributed by atoms with Crippen LogP contribution in [0.25, 0.3) is 0 Å². The van der Waals surface area contributed by atoms with Crippen molar-refractivity contribution in [3.8, 4) is 5.75 Å². The Balaban J connectivity index is 1.77. The van der Waals surface area contributed by atoms with Crippen molar-refractivity contribution in [2.24, 2.45) is 0 Å². The smallest absolute Gasteiger partial charge is 0.193 e. The number of ether oxygens (including phenoxy) is 1. The third-order valence-corrected chi connectivity index (χ3v) is 3.12. The second kappa shape index (κ2) is 4.76. The minimum Gasteiger partial charge on any atom is -0.490 e. The first kappa shape index (κ1) is 11.8. The summed E-state index contributed by atoms with van der Waals surface area (Å²) in [6.45, 7) is 0. The van der Waals surface area contributed by atoms with E-state index >= 15 is 0 Å². The summed E-state index contributed by atoms with van der Waals surface area (Å²) in [5.74, 6) is 0.828. The Hall–Kier alpha value is -2.29. The standard InChI is InChI=1S/C16H15NO2/c17-13-5-1-11(2-6-13)16(18)12-3-7-14(8-4-12)19-15-9-10-15/h1-8,15H,9-10,17H2. The normalized spacial score (nSPS) is 14.1. The maximum Gasteiger partial charge on any atom is 0.193 e. The SMILES string of the molecule is Nc1ccc(C(=O)c2ccc(OC3CC3)cc2)cc1. The fourth-order valence-corrected chi connectivity index (χ4v) is 1.86. The highest BCUT2D eigenvalue weighted by atomic mass is 16.5. The average molecular weight is 253 g/mol. The molecule has 1 aliphatic rings. The van der Waals surface area contributed by atoms with Crippen LogP contribution in [0.5, 0.6) is 5.75 Å². The van der Waals surface area contributed by atoms with Crippen molar-refractivity contribution in [3.63, 3.8) is 0 Å². The molecule has 0 unspecified atom stereocenters. The lowest BCUT2D eigenvalue weighted by molar-refractivity contribution is 0.103. The van der Waals surface area contributed by atoms with Crippen molar-refractivity contribution in [2.45, 2.75) is 18.9 Å². The first-order chi connectivity index (χ1) is 9.22. The molecule has 3 nitrogen and oxygen atoms in total. The molecule has 3 rings (SSSR count). The molecular weight excluding hydrogens is 238 g/mol. The summed E-state index contributed by atoms with van der Waals surface area (Å²) in [7, 11) is 0. The third kappa shape index (κ3) is 2.76. The van der Waals surface area contributed by atoms with Gasteiger partial charge in [-0.1, -0.05) is 0 Å². The maximum atomic E-state index is 12.2. The third-order valence-electron chi connectivity index (χ3n) is 3.12. The van der Waals surface area contributed by atoms with Gasteiger partial charge in [0, 0.05) is 16.8 Å². The van der Waals surface area contributed by atoms with Crippen LogP contribution in [0.15, 0.2) is 48.5 Å². The van der Waals surface area contributed by atoms with Crippen LogP contribution in [0.3, 0.4) is 0 Å². The van der Waals surface area contributed by atoms with Crippen molar-refractivity contribution in [1.82, 2.24) is 0 Å². The van der Waals surface area contributed by atoms with E-state index < -0.39 is 0 Å². The summed E-state index contributed by atoms with van der Waals surface area (Å²) in [5.41, 5.74) is 7.57. The van der Waals surface area contributed by atoms with Crippen LogP contribution >= 0.6 is 0 Å². The lowest BCUT2D eigenvalue weighted by Gasteiger charge is -2.05. The summed E-state index contributed by atoms with van der Waals surface area (Å²) < 4.78 is 5.65. The van der Waals surface area contributed by atoms with Crippen LogP contribution < -0.4 is 10.5 Å². The summed E-state index contributed by atoms with van der Waals surface area (Å²) in [6, 6.07) is 14.3. The van der Waals surface area contributed by atoms with Crippen molar-refractivity contribution >= 4 is 11.5 Å². The Kier molecular flexibility index (Phi) is 2.95. The van der Waals surface area contributed by atoms with Gasteiger partial charge < -0.3 is 10.5 Å². The van der Waals surface area contributed by atoms with E-state index in [1.54, 1.807) is 36.4 Å². The zero-order chi connectivity index (χ0) is 13.2. The topological polar surface area (TPSA) is 52.3 Å². The van der Waals surface area contributed by atoms with E-state index in [1.807, 2.05) is 12.1 Å². The zero-order valence-electron chi connectivity index (χ0n) is 10.5. The number of nitrogen functional groups attached to an aromatic ring is 1. The second-order valence-electron chi connectivity index (χ2n) is 4.79. The van der Waals surface area contributed by atoms with Crippen LogP contribution in [0.4, 0.5) is 5.69 Å². The van der Waals surface area contributed by atoms with Gasteiger partial charge >= 0.3 is 0 Å². The molecule has 0 amide bonds. The number of hydrogen-bond acceptors (Lipinski definition) is 3. The Morgan fingerprint density at radius 2 is 1.47 bits per heavy atom. The molecule has 0 heterocycles. The van der Waals surface area contributed by atoms with Gasteiger partial charge in [0.05, 0.1) is 6.10 Å². The van der Waals surface area contributed by atoms with Crippen LogP contribution in [0.1, 0.15) is 28.8 Å². The van der Waals surface area contributed by atoms with Gasteiger partial charge in [-0.15, -0.1) is 0 Å². The van der Waals surface area contributed by atoms with Crippen molar-refractivity contribution in [2.75, 3.05) is 5.73 Å². The molecule has 3 heteroatoms. The molecule has 1 fully saturated rings. The number of anilines is 1. The molecule has 19 heavy (non-hydrogen) atoms. The van der Waals surface area contributed by atoms with Crippen LogP contribution in [-0.4, -0.2) is 11.9 Å². The predicted molar refractivity (Wildman–Crippen MR) is 74.4 cm³/mol. The lowest BCUT2D eigenvalue weighted by atomic mass is 10.0. The highest BCUT2D eigenvalue weighted by molar-refractivity contribution is 6.09. The minimum atomic E-state index is -0.00188. The first-order valence-corrected chi connectivity index (χ1v) is 6.39. The quantitative estimate of drug-likeness (QED) is 0.673. The highest BCUT2D eigenvalue weighted by Crippen LogP contribution is 2.27. The molecule has 1 saturated carbocycles. The van der Waals surface area contributed by atoms with Crippen LogP contribution in [-0.2, 0) is 0 Å². The van der Waals surface area contributed by atoms with E-state index in [4.69, 9.17) is 10.5 Å². The number of nitrogens with two attached hydrogens (primary N) is 1. The first-order valence-electron chi connectivity index (χ1n) is 6.39. The average Bonchev–Trinajstić information content (AvgIpc) is 3.24. The number of carbonyl (C=O) groups excluding carboxylic acids is 1. The summed E-state index contributed by atoms with van der Waals surface area (Å²) in [4.78, 5) is 12.2. The summed E-state index contributed by atoms with van der Waals surface area (Å²) >= 11 is 0. The van der Waals surface area contributed by atoms with E-state index in [0.29, 0.717) is 22.9 Å². The van der Waals surface area contributed by atoms with Gasteiger partial charge in [-0.3, -0.25) is 4.79 Å². The monoisotopic (exact) mass is 253 g/mol. The largest absolute Gasteiger partial charge is 0.490 e. The van der Waals surface area contributed by atoms with E-state index in [0.717, 1.165) is 18.6 Å². The molecule has 96 valence electrons. The van der Waals surface area contributed by atoms with Gasteiger partial charge in [0.1, 0.15) is 5.75 Å². The molecule has 0 bridgehead atoms. The highest BCUT2D eigenvalue weighted by Gasteiger charge is 2.23. The molecule has 1 aliphatic carbocycles. The molecule has 0 radical (unpaired) electrons. The molecule has 0 saturated heterocycles. The van der Waals surface area contributed by atoms with Gasteiger partial charge in [-0.25, -0.2) is 0 Å². The fourth-order valence-electron chi connectivity index (χ4n) is 1.86. The zero-order valence-corrected chi connectivity index (χ0v) is 10.5. The summed E-state index contributed by atoms with van der Waals surface area (Å²) in [6.07, 6.45) is 2.64. The molecule has 0 spiro atoms. The van der Waals surface area contributed by atoms with E-state index in [1.165, 1.54) is 0 Å². The predicted octanol–water partition coefficient (Wildman–Crippen LogP) is 3.04. The van der Waals surface area contributed by atoms with Crippen molar-refractivity contribution in [1.29, 1.82) is 0 Å². The Morgan fingerprint density at radius 1 is 0.947 bits per heavy atom. The number of rotatable bonds is 4. The molecule has 2 aromatic rings. The molecule has 0 aliphatic heterocycles.